The summed E-state index contributed by atoms with van der Waals surface area (Å²) < 4.78 is 5.61. The first-order valence-corrected chi connectivity index (χ1v) is 9.68. The maximum Gasteiger partial charge on any atom is 0.363 e. The van der Waals surface area contributed by atoms with Gasteiger partial charge in [-0.25, -0.2) is 9.79 Å². The monoisotopic (exact) mass is 386 g/mol. The Morgan fingerprint density at radius 1 is 1.19 bits per heavy atom. The van der Waals surface area contributed by atoms with Crippen molar-refractivity contribution in [1.82, 2.24) is 0 Å². The summed E-state index contributed by atoms with van der Waals surface area (Å²) in [5.74, 6) is 1.25. The summed E-state index contributed by atoms with van der Waals surface area (Å²) in [6.07, 6.45) is 7.77. The number of carbonyl (C=O) groups is 1. The van der Waals surface area contributed by atoms with Gasteiger partial charge in [-0.2, -0.15) is 0 Å². The van der Waals surface area contributed by atoms with Gasteiger partial charge >= 0.3 is 5.97 Å². The van der Waals surface area contributed by atoms with Crippen molar-refractivity contribution >= 4 is 35.2 Å². The molecule has 0 amide bonds. The first kappa shape index (κ1) is 16.9. The summed E-state index contributed by atoms with van der Waals surface area (Å²) in [5.41, 5.74) is 0.721. The van der Waals surface area contributed by atoms with Crippen molar-refractivity contribution in [2.45, 2.75) is 43.4 Å². The Balaban J connectivity index is 1.45. The van der Waals surface area contributed by atoms with Gasteiger partial charge in [0.05, 0.1) is 4.92 Å². The minimum Gasteiger partial charge on any atom is -0.406 e. The molecule has 2 unspecified atom stereocenters. The fourth-order valence-electron chi connectivity index (χ4n) is 5.89. The highest BCUT2D eigenvalue weighted by atomic mass is 35.5. The third-order valence-corrected chi connectivity index (χ3v) is 6.91. The number of aliphatic imine (C=N–C) groups is 1. The second kappa shape index (κ2) is 5.64. The number of nitro benzene ring substituents is 1. The number of hydrogen-bond donors (Lipinski definition) is 0. The van der Waals surface area contributed by atoms with Crippen molar-refractivity contribution < 1.29 is 14.5 Å². The van der Waals surface area contributed by atoms with E-state index in [4.69, 9.17) is 16.3 Å². The fourth-order valence-corrected chi connectivity index (χ4v) is 6.58. The van der Waals surface area contributed by atoms with E-state index in [1.807, 2.05) is 0 Å². The highest BCUT2D eigenvalue weighted by Gasteiger charge is 2.60. The van der Waals surface area contributed by atoms with Gasteiger partial charge in [0, 0.05) is 22.4 Å². The van der Waals surface area contributed by atoms with Crippen LogP contribution in [-0.2, 0) is 9.53 Å². The molecule has 4 bridgehead atoms. The average molecular weight is 387 g/mol. The number of non-ortho nitro benzene ring substituents is 1. The summed E-state index contributed by atoms with van der Waals surface area (Å²) in [7, 11) is 0. The highest BCUT2D eigenvalue weighted by molar-refractivity contribution is 6.24. The molecule has 0 saturated heterocycles. The number of hydrogen-bond acceptors (Lipinski definition) is 5. The van der Waals surface area contributed by atoms with Crippen LogP contribution in [0.25, 0.3) is 6.08 Å². The zero-order valence-corrected chi connectivity index (χ0v) is 15.4. The van der Waals surface area contributed by atoms with E-state index >= 15 is 0 Å². The van der Waals surface area contributed by atoms with Gasteiger partial charge in [0.15, 0.2) is 5.70 Å². The van der Waals surface area contributed by atoms with Gasteiger partial charge in [-0.05, 0) is 74.1 Å². The lowest BCUT2D eigenvalue weighted by atomic mass is 9.49. The van der Waals surface area contributed by atoms with Crippen molar-refractivity contribution in [3.05, 3.63) is 45.6 Å². The molecule has 4 aliphatic carbocycles. The number of alkyl halides is 1. The van der Waals surface area contributed by atoms with Crippen molar-refractivity contribution in [1.29, 1.82) is 0 Å². The number of nitro groups is 1. The highest BCUT2D eigenvalue weighted by Crippen LogP contribution is 2.64. The standard InChI is InChI=1S/C20H19ClN2O4/c21-20-9-13-5-14(10-20)8-19(7-13,11-20)18-22-16(17(24)27-18)6-12-1-3-15(4-2-12)23(25)26/h1-4,6,13-14H,5,7-11H2/b16-6-/t13-,14+,19?,20?. The Morgan fingerprint density at radius 2 is 1.85 bits per heavy atom. The van der Waals surface area contributed by atoms with Crippen LogP contribution in [0.4, 0.5) is 5.69 Å². The zero-order valence-electron chi connectivity index (χ0n) is 14.7. The molecule has 0 spiro atoms. The van der Waals surface area contributed by atoms with Gasteiger partial charge in [-0.1, -0.05) is 0 Å². The molecule has 6 nitrogen and oxygen atoms in total. The SMILES string of the molecule is O=C1OC(C23C[C@@H]4C[C@@H](CC(Cl)(C4)C2)C3)=N/C1=C\c1ccc([N+](=O)[O-])cc1. The predicted molar refractivity (Wildman–Crippen MR) is 100 cm³/mol. The molecular weight excluding hydrogens is 368 g/mol. The molecule has 1 aliphatic heterocycles. The smallest absolute Gasteiger partial charge is 0.363 e. The van der Waals surface area contributed by atoms with Crippen molar-refractivity contribution in [2.75, 3.05) is 0 Å². The first-order valence-electron chi connectivity index (χ1n) is 9.31. The fraction of sp³-hybridized carbons (Fsp3) is 0.500. The Morgan fingerprint density at radius 3 is 2.44 bits per heavy atom. The Bertz CT molecular complexity index is 891. The number of rotatable bonds is 3. The molecule has 0 aromatic heterocycles. The molecule has 1 aromatic rings. The molecule has 27 heavy (non-hydrogen) atoms. The Hall–Kier alpha value is -2.21. The number of nitrogens with zero attached hydrogens (tertiary/aromatic N) is 2. The molecule has 5 aliphatic rings. The van der Waals surface area contributed by atoms with E-state index in [1.165, 1.54) is 18.6 Å². The maximum absolute atomic E-state index is 12.4. The lowest BCUT2D eigenvalue weighted by Crippen LogP contribution is -2.56. The minimum atomic E-state index is -0.456. The molecular formula is C20H19ClN2O4. The number of carbonyl (C=O) groups excluding carboxylic acids is 1. The molecule has 0 radical (unpaired) electrons. The molecule has 4 fully saturated rings. The number of ether oxygens (including phenoxy) is 1. The van der Waals surface area contributed by atoms with Crippen LogP contribution in [0, 0.1) is 27.4 Å². The topological polar surface area (TPSA) is 81.8 Å². The summed E-state index contributed by atoms with van der Waals surface area (Å²) in [6, 6.07) is 6.02. The molecule has 1 heterocycles. The summed E-state index contributed by atoms with van der Waals surface area (Å²) in [5, 5.41) is 10.8. The number of cyclic esters (lactones) is 1. The van der Waals surface area contributed by atoms with E-state index in [2.05, 4.69) is 4.99 Å². The minimum absolute atomic E-state index is 0.0105. The zero-order chi connectivity index (χ0) is 18.8. The molecule has 4 atom stereocenters. The Labute approximate surface area is 161 Å². The van der Waals surface area contributed by atoms with Crippen LogP contribution in [0.1, 0.15) is 44.1 Å². The van der Waals surface area contributed by atoms with Gasteiger partial charge in [0.25, 0.3) is 5.69 Å². The molecule has 140 valence electrons. The van der Waals surface area contributed by atoms with Crippen LogP contribution in [0.3, 0.4) is 0 Å². The first-order chi connectivity index (χ1) is 12.8. The molecule has 7 heteroatoms. The van der Waals surface area contributed by atoms with Crippen LogP contribution in [-0.4, -0.2) is 21.7 Å². The van der Waals surface area contributed by atoms with E-state index in [1.54, 1.807) is 18.2 Å². The molecule has 6 rings (SSSR count). The third-order valence-electron chi connectivity index (χ3n) is 6.47. The van der Waals surface area contributed by atoms with Crippen molar-refractivity contribution in [3.8, 4) is 0 Å². The van der Waals surface area contributed by atoms with Gasteiger partial charge in [0.1, 0.15) is 0 Å². The van der Waals surface area contributed by atoms with Crippen LogP contribution in [0.15, 0.2) is 35.0 Å². The Kier molecular flexibility index (Phi) is 3.54. The summed E-state index contributed by atoms with van der Waals surface area (Å²) in [6.45, 7) is 0. The number of halogens is 1. The molecule has 4 saturated carbocycles. The van der Waals surface area contributed by atoms with Crippen LogP contribution in [0.5, 0.6) is 0 Å². The van der Waals surface area contributed by atoms with E-state index < -0.39 is 10.9 Å². The third kappa shape index (κ3) is 2.78. The second-order valence-corrected chi connectivity index (χ2v) is 9.38. The number of benzene rings is 1. The van der Waals surface area contributed by atoms with Gasteiger partial charge in [0.2, 0.25) is 5.90 Å². The molecule has 0 N–H and O–H groups in total. The van der Waals surface area contributed by atoms with E-state index in [9.17, 15) is 14.9 Å². The second-order valence-electron chi connectivity index (χ2n) is 8.58. The van der Waals surface area contributed by atoms with E-state index in [0.717, 1.165) is 32.1 Å². The summed E-state index contributed by atoms with van der Waals surface area (Å²) in [4.78, 5) is 27.1. The van der Waals surface area contributed by atoms with Crippen molar-refractivity contribution in [2.24, 2.45) is 22.2 Å². The predicted octanol–water partition coefficient (Wildman–Crippen LogP) is 4.47. The van der Waals surface area contributed by atoms with Crippen LogP contribution >= 0.6 is 11.6 Å². The van der Waals surface area contributed by atoms with Crippen LogP contribution < -0.4 is 0 Å². The largest absolute Gasteiger partial charge is 0.406 e. The normalized spacial score (nSPS) is 38.2. The van der Waals surface area contributed by atoms with E-state index in [0.29, 0.717) is 23.3 Å². The molecule has 1 aromatic carbocycles. The van der Waals surface area contributed by atoms with Crippen molar-refractivity contribution in [3.63, 3.8) is 0 Å². The maximum atomic E-state index is 12.4. The van der Waals surface area contributed by atoms with Gasteiger partial charge in [-0.15, -0.1) is 11.6 Å². The number of esters is 1. The van der Waals surface area contributed by atoms with E-state index in [-0.39, 0.29) is 21.7 Å². The lowest BCUT2D eigenvalue weighted by Gasteiger charge is -2.59. The van der Waals surface area contributed by atoms with Gasteiger partial charge in [-0.3, -0.25) is 10.1 Å². The van der Waals surface area contributed by atoms with Gasteiger partial charge < -0.3 is 4.74 Å². The quantitative estimate of drug-likeness (QED) is 0.252. The summed E-state index contributed by atoms with van der Waals surface area (Å²) >= 11 is 6.88. The lowest BCUT2D eigenvalue weighted by molar-refractivity contribution is -0.384. The average Bonchev–Trinajstić information content (AvgIpc) is 2.95. The van der Waals surface area contributed by atoms with Crippen LogP contribution in [0.2, 0.25) is 0 Å².